The highest BCUT2D eigenvalue weighted by molar-refractivity contribution is 7.89. The molecule has 9 heteroatoms. The highest BCUT2D eigenvalue weighted by Gasteiger charge is 2.15. The number of nitrogens with one attached hydrogen (secondary N) is 3. The molecular formula is C19H32N4O4S. The summed E-state index contributed by atoms with van der Waals surface area (Å²) in [6.07, 6.45) is 12.2. The Kier molecular flexibility index (Phi) is 10.2. The van der Waals surface area contributed by atoms with Crippen LogP contribution in [0, 0.1) is 5.92 Å². The fourth-order valence-electron chi connectivity index (χ4n) is 3.22. The summed E-state index contributed by atoms with van der Waals surface area (Å²) in [7, 11) is -3.38. The average molecular weight is 413 g/mol. The molecule has 158 valence electrons. The van der Waals surface area contributed by atoms with E-state index < -0.39 is 10.0 Å². The molecule has 0 atom stereocenters. The normalized spacial score (nSPS) is 15.3. The summed E-state index contributed by atoms with van der Waals surface area (Å²) in [5, 5.41) is 5.49. The molecule has 1 aliphatic carbocycles. The Hall–Kier alpha value is -1.71. The number of nitrogens with zero attached hydrogens (tertiary/aromatic N) is 1. The van der Waals surface area contributed by atoms with Crippen molar-refractivity contribution in [2.45, 2.75) is 57.8 Å². The average Bonchev–Trinajstić information content (AvgIpc) is 2.68. The van der Waals surface area contributed by atoms with E-state index >= 15 is 0 Å². The van der Waals surface area contributed by atoms with Crippen LogP contribution in [0.5, 0.6) is 0 Å². The van der Waals surface area contributed by atoms with E-state index in [-0.39, 0.29) is 11.8 Å². The van der Waals surface area contributed by atoms with Gasteiger partial charge in [-0.15, -0.1) is 0 Å². The predicted molar refractivity (Wildman–Crippen MR) is 109 cm³/mol. The fourth-order valence-corrected chi connectivity index (χ4v) is 4.14. The van der Waals surface area contributed by atoms with Gasteiger partial charge in [0.2, 0.25) is 10.0 Å². The maximum atomic E-state index is 11.9. The Morgan fingerprint density at radius 1 is 1.07 bits per heavy atom. The molecule has 1 saturated carbocycles. The van der Waals surface area contributed by atoms with Crippen molar-refractivity contribution in [2.24, 2.45) is 5.92 Å². The van der Waals surface area contributed by atoms with Gasteiger partial charge in [0.05, 0.1) is 12.4 Å². The fraction of sp³-hybridized carbons (Fsp3) is 0.684. The third-order valence-corrected chi connectivity index (χ3v) is 5.99. The number of carbonyl (C=O) groups excluding carboxylic acids is 1. The van der Waals surface area contributed by atoms with Crippen LogP contribution >= 0.6 is 0 Å². The summed E-state index contributed by atoms with van der Waals surface area (Å²) < 4.78 is 23.8. The lowest BCUT2D eigenvalue weighted by atomic mass is 9.90. The molecule has 1 heterocycles. The molecule has 0 bridgehead atoms. The first-order valence-electron chi connectivity index (χ1n) is 10.1. The van der Waals surface area contributed by atoms with Crippen LogP contribution in [-0.2, 0) is 14.9 Å². The van der Waals surface area contributed by atoms with Crippen LogP contribution in [0.3, 0.4) is 0 Å². The first-order valence-corrected chi connectivity index (χ1v) is 11.8. The minimum atomic E-state index is -3.38. The Balaban J connectivity index is 1.45. The maximum Gasteiger partial charge on any atom is 0.319 e. The van der Waals surface area contributed by atoms with Crippen LogP contribution in [0.25, 0.3) is 0 Å². The van der Waals surface area contributed by atoms with Gasteiger partial charge in [-0.2, -0.15) is 0 Å². The van der Waals surface area contributed by atoms with Gasteiger partial charge in [-0.25, -0.2) is 13.2 Å². The second kappa shape index (κ2) is 12.7. The van der Waals surface area contributed by atoms with Crippen LogP contribution in [-0.4, -0.2) is 38.3 Å². The highest BCUT2D eigenvalue weighted by Crippen LogP contribution is 2.23. The summed E-state index contributed by atoms with van der Waals surface area (Å²) in [5.74, 6) is 0.535. The van der Waals surface area contributed by atoms with Crippen molar-refractivity contribution < 1.29 is 18.0 Å². The molecule has 2 amide bonds. The Labute approximate surface area is 167 Å². The molecule has 3 N–H and O–H groups in total. The van der Waals surface area contributed by atoms with Gasteiger partial charge < -0.3 is 10.6 Å². The SMILES string of the molecule is O=C(NCCCCCCS(=O)(=O)NOCC1CCCCC1)Nc1ccncc1. The lowest BCUT2D eigenvalue weighted by Crippen LogP contribution is -2.30. The zero-order chi connectivity index (χ0) is 20.1. The topological polar surface area (TPSA) is 109 Å². The smallest absolute Gasteiger partial charge is 0.319 e. The van der Waals surface area contributed by atoms with E-state index in [0.717, 1.165) is 32.1 Å². The molecule has 0 aliphatic heterocycles. The van der Waals surface area contributed by atoms with Crippen LogP contribution in [0.15, 0.2) is 24.5 Å². The summed E-state index contributed by atoms with van der Waals surface area (Å²) in [4.78, 5) is 23.0. The van der Waals surface area contributed by atoms with Gasteiger partial charge >= 0.3 is 6.03 Å². The minimum absolute atomic E-state index is 0.0631. The van der Waals surface area contributed by atoms with Gasteiger partial charge in [0.25, 0.3) is 0 Å². The lowest BCUT2D eigenvalue weighted by Gasteiger charge is -2.20. The highest BCUT2D eigenvalue weighted by atomic mass is 32.2. The summed E-state index contributed by atoms with van der Waals surface area (Å²) >= 11 is 0. The van der Waals surface area contributed by atoms with Crippen molar-refractivity contribution >= 4 is 21.7 Å². The van der Waals surface area contributed by atoms with Gasteiger partial charge in [-0.1, -0.05) is 37.0 Å². The largest absolute Gasteiger partial charge is 0.338 e. The van der Waals surface area contributed by atoms with E-state index in [1.807, 2.05) is 0 Å². The van der Waals surface area contributed by atoms with Gasteiger partial charge in [-0.05, 0) is 43.7 Å². The van der Waals surface area contributed by atoms with E-state index in [2.05, 4.69) is 20.5 Å². The standard InChI is InChI=1S/C19H32N4O4S/c24-19(22-18-10-13-20-14-11-18)21-12-6-1-2-7-15-28(25,26)23-27-16-17-8-4-3-5-9-17/h10-11,13-14,17,23H,1-9,12,15-16H2,(H2,20,21,22,24). The van der Waals surface area contributed by atoms with Crippen LogP contribution < -0.4 is 15.5 Å². The molecule has 28 heavy (non-hydrogen) atoms. The molecule has 1 aromatic heterocycles. The van der Waals surface area contributed by atoms with Gasteiger partial charge in [0.15, 0.2) is 0 Å². The van der Waals surface area contributed by atoms with Gasteiger partial charge in [0.1, 0.15) is 0 Å². The molecule has 0 saturated heterocycles. The number of sulfonamides is 1. The van der Waals surface area contributed by atoms with Gasteiger partial charge in [-0.3, -0.25) is 9.82 Å². The predicted octanol–water partition coefficient (Wildman–Crippen LogP) is 3.19. The quantitative estimate of drug-likeness (QED) is 0.361. The van der Waals surface area contributed by atoms with Crippen molar-refractivity contribution in [1.29, 1.82) is 0 Å². The Morgan fingerprint density at radius 3 is 2.54 bits per heavy atom. The molecule has 1 aromatic rings. The third-order valence-electron chi connectivity index (χ3n) is 4.79. The number of pyridine rings is 1. The minimum Gasteiger partial charge on any atom is -0.338 e. The summed E-state index contributed by atoms with van der Waals surface area (Å²) in [6, 6.07) is 3.17. The first kappa shape index (κ1) is 22.6. The first-order chi connectivity index (χ1) is 13.6. The van der Waals surface area contributed by atoms with Crippen molar-refractivity contribution in [3.8, 4) is 0 Å². The van der Waals surface area contributed by atoms with Crippen molar-refractivity contribution in [3.63, 3.8) is 0 Å². The second-order valence-electron chi connectivity index (χ2n) is 7.25. The summed E-state index contributed by atoms with van der Waals surface area (Å²) in [6.45, 7) is 1.01. The van der Waals surface area contributed by atoms with E-state index in [0.29, 0.717) is 31.2 Å². The number of hydrogen-bond donors (Lipinski definition) is 3. The summed E-state index contributed by atoms with van der Waals surface area (Å²) in [5.41, 5.74) is 0.691. The van der Waals surface area contributed by atoms with Gasteiger partial charge in [0, 0.05) is 24.6 Å². The molecule has 8 nitrogen and oxygen atoms in total. The lowest BCUT2D eigenvalue weighted by molar-refractivity contribution is 0.0519. The van der Waals surface area contributed by atoms with Crippen molar-refractivity contribution in [3.05, 3.63) is 24.5 Å². The van der Waals surface area contributed by atoms with E-state index in [9.17, 15) is 13.2 Å². The number of carbonyl (C=O) groups is 1. The van der Waals surface area contributed by atoms with E-state index in [1.165, 1.54) is 19.3 Å². The number of urea groups is 1. The zero-order valence-electron chi connectivity index (χ0n) is 16.4. The third kappa shape index (κ3) is 10.0. The maximum absolute atomic E-state index is 11.9. The Morgan fingerprint density at radius 2 is 1.79 bits per heavy atom. The molecule has 1 aliphatic rings. The second-order valence-corrected chi connectivity index (χ2v) is 9.05. The molecule has 2 rings (SSSR count). The van der Waals surface area contributed by atoms with E-state index in [1.54, 1.807) is 24.5 Å². The van der Waals surface area contributed by atoms with Crippen LogP contribution in [0.2, 0.25) is 0 Å². The molecule has 0 unspecified atom stereocenters. The van der Waals surface area contributed by atoms with Crippen LogP contribution in [0.1, 0.15) is 57.8 Å². The number of amides is 2. The zero-order valence-corrected chi connectivity index (χ0v) is 17.2. The number of rotatable bonds is 12. The number of anilines is 1. The van der Waals surface area contributed by atoms with Crippen molar-refractivity contribution in [2.75, 3.05) is 24.2 Å². The Bertz CT molecular complexity index is 664. The molecule has 1 fully saturated rings. The monoisotopic (exact) mass is 412 g/mol. The molecule has 0 spiro atoms. The molecule has 0 aromatic carbocycles. The molecular weight excluding hydrogens is 380 g/mol. The van der Waals surface area contributed by atoms with Crippen LogP contribution in [0.4, 0.5) is 10.5 Å². The van der Waals surface area contributed by atoms with Crippen molar-refractivity contribution in [1.82, 2.24) is 15.2 Å². The molecule has 0 radical (unpaired) electrons. The number of aromatic nitrogens is 1. The number of hydrogen-bond acceptors (Lipinski definition) is 5. The number of unbranched alkanes of at least 4 members (excludes halogenated alkanes) is 3. The van der Waals surface area contributed by atoms with E-state index in [4.69, 9.17) is 4.84 Å².